The minimum absolute atomic E-state index is 0.0846. The lowest BCUT2D eigenvalue weighted by Crippen LogP contribution is -2.31. The molecule has 2 aromatic carbocycles. The standard InChI is InChI=1S/C19H15F2NO3S2/c20-15-8-6-13(7-9-15)17(27(24,25)18-5-2-10-26-18)12-22-19(23)14-3-1-4-16(21)11-14/h1-11,17H,12H2,(H,22,23)/t17-/m1/s1. The first-order chi connectivity index (χ1) is 12.9. The Kier molecular flexibility index (Phi) is 5.67. The van der Waals surface area contributed by atoms with Crippen molar-refractivity contribution in [2.75, 3.05) is 6.54 Å². The zero-order chi connectivity index (χ0) is 19.4. The summed E-state index contributed by atoms with van der Waals surface area (Å²) in [5, 5.41) is 3.07. The fraction of sp³-hybridized carbons (Fsp3) is 0.105. The maximum atomic E-state index is 13.3. The molecule has 0 aliphatic heterocycles. The van der Waals surface area contributed by atoms with Crippen LogP contribution in [0.4, 0.5) is 8.78 Å². The molecule has 1 atom stereocenters. The molecule has 1 heterocycles. The Hall–Kier alpha value is -2.58. The Morgan fingerprint density at radius 1 is 1.00 bits per heavy atom. The third-order valence-corrected chi connectivity index (χ3v) is 7.46. The molecule has 27 heavy (non-hydrogen) atoms. The lowest BCUT2D eigenvalue weighted by molar-refractivity contribution is 0.0953. The van der Waals surface area contributed by atoms with Crippen LogP contribution < -0.4 is 5.32 Å². The normalized spacial score (nSPS) is 12.5. The summed E-state index contributed by atoms with van der Waals surface area (Å²) in [6, 6.07) is 13.3. The molecule has 1 N–H and O–H groups in total. The fourth-order valence-electron chi connectivity index (χ4n) is 2.57. The summed E-state index contributed by atoms with van der Waals surface area (Å²) in [6.07, 6.45) is 0. The van der Waals surface area contributed by atoms with Crippen LogP contribution in [0.3, 0.4) is 0 Å². The van der Waals surface area contributed by atoms with Crippen LogP contribution in [0, 0.1) is 11.6 Å². The van der Waals surface area contributed by atoms with E-state index in [0.29, 0.717) is 5.56 Å². The van der Waals surface area contributed by atoms with Crippen LogP contribution in [0.15, 0.2) is 70.3 Å². The van der Waals surface area contributed by atoms with Crippen LogP contribution in [-0.2, 0) is 9.84 Å². The topological polar surface area (TPSA) is 63.2 Å². The van der Waals surface area contributed by atoms with Crippen molar-refractivity contribution in [3.8, 4) is 0 Å². The molecule has 3 rings (SSSR count). The number of carbonyl (C=O) groups is 1. The quantitative estimate of drug-likeness (QED) is 0.673. The van der Waals surface area contributed by atoms with E-state index in [1.54, 1.807) is 11.4 Å². The molecule has 0 spiro atoms. The van der Waals surface area contributed by atoms with Gasteiger partial charge in [-0.3, -0.25) is 4.79 Å². The maximum absolute atomic E-state index is 13.3. The largest absolute Gasteiger partial charge is 0.350 e. The molecule has 4 nitrogen and oxygen atoms in total. The third-order valence-electron chi connectivity index (χ3n) is 3.93. The average Bonchev–Trinajstić information content (AvgIpc) is 3.18. The van der Waals surface area contributed by atoms with Gasteiger partial charge >= 0.3 is 0 Å². The summed E-state index contributed by atoms with van der Waals surface area (Å²) < 4.78 is 52.7. The smallest absolute Gasteiger partial charge is 0.251 e. The Morgan fingerprint density at radius 2 is 1.74 bits per heavy atom. The molecule has 0 radical (unpaired) electrons. The van der Waals surface area contributed by atoms with E-state index in [2.05, 4.69) is 5.32 Å². The zero-order valence-corrected chi connectivity index (χ0v) is 15.6. The van der Waals surface area contributed by atoms with E-state index in [0.717, 1.165) is 17.4 Å². The summed E-state index contributed by atoms with van der Waals surface area (Å²) in [5.41, 5.74) is 0.436. The molecule has 0 saturated heterocycles. The van der Waals surface area contributed by atoms with Gasteiger partial charge in [0.25, 0.3) is 5.91 Å². The van der Waals surface area contributed by atoms with Crippen LogP contribution in [-0.4, -0.2) is 20.9 Å². The van der Waals surface area contributed by atoms with Crippen molar-refractivity contribution in [1.82, 2.24) is 5.32 Å². The van der Waals surface area contributed by atoms with E-state index < -0.39 is 32.6 Å². The van der Waals surface area contributed by atoms with Gasteiger partial charge in [-0.15, -0.1) is 11.3 Å². The Labute approximate surface area is 159 Å². The Morgan fingerprint density at radius 3 is 2.37 bits per heavy atom. The highest BCUT2D eigenvalue weighted by atomic mass is 32.2. The minimum Gasteiger partial charge on any atom is -0.350 e. The second-order valence-electron chi connectivity index (χ2n) is 5.74. The van der Waals surface area contributed by atoms with Crippen LogP contribution in [0.25, 0.3) is 0 Å². The van der Waals surface area contributed by atoms with Crippen molar-refractivity contribution in [1.29, 1.82) is 0 Å². The second-order valence-corrected chi connectivity index (χ2v) is 9.04. The van der Waals surface area contributed by atoms with Crippen LogP contribution in [0.1, 0.15) is 21.2 Å². The summed E-state index contributed by atoms with van der Waals surface area (Å²) in [5.74, 6) is -1.65. The predicted octanol–water partition coefficient (Wildman–Crippen LogP) is 3.97. The molecule has 0 bridgehead atoms. The Balaban J connectivity index is 1.88. The van der Waals surface area contributed by atoms with Gasteiger partial charge in [0.05, 0.1) is 0 Å². The highest BCUT2D eigenvalue weighted by Crippen LogP contribution is 2.31. The van der Waals surface area contributed by atoms with E-state index >= 15 is 0 Å². The van der Waals surface area contributed by atoms with Crippen molar-refractivity contribution in [3.05, 3.63) is 88.8 Å². The Bertz CT molecular complexity index is 1030. The van der Waals surface area contributed by atoms with Crippen molar-refractivity contribution >= 4 is 27.1 Å². The monoisotopic (exact) mass is 407 g/mol. The number of hydrogen-bond acceptors (Lipinski definition) is 4. The first-order valence-electron chi connectivity index (χ1n) is 7.94. The number of rotatable bonds is 6. The molecule has 140 valence electrons. The lowest BCUT2D eigenvalue weighted by atomic mass is 10.1. The van der Waals surface area contributed by atoms with E-state index in [1.807, 2.05) is 0 Å². The molecule has 0 aliphatic rings. The highest BCUT2D eigenvalue weighted by Gasteiger charge is 2.30. The summed E-state index contributed by atoms with van der Waals surface area (Å²) >= 11 is 1.06. The number of carbonyl (C=O) groups excluding carboxylic acids is 1. The number of amides is 1. The number of thiophene rings is 1. The number of sulfone groups is 1. The van der Waals surface area contributed by atoms with Gasteiger partial charge in [0, 0.05) is 12.1 Å². The zero-order valence-electron chi connectivity index (χ0n) is 13.9. The van der Waals surface area contributed by atoms with Crippen LogP contribution in [0.2, 0.25) is 0 Å². The minimum atomic E-state index is -3.80. The number of benzene rings is 2. The van der Waals surface area contributed by atoms with E-state index in [-0.39, 0.29) is 16.3 Å². The van der Waals surface area contributed by atoms with Gasteiger partial charge in [-0.1, -0.05) is 24.3 Å². The van der Waals surface area contributed by atoms with Crippen molar-refractivity contribution in [2.45, 2.75) is 9.46 Å². The van der Waals surface area contributed by atoms with Gasteiger partial charge in [-0.25, -0.2) is 17.2 Å². The molecular weight excluding hydrogens is 392 g/mol. The molecule has 0 aliphatic carbocycles. The van der Waals surface area contributed by atoms with Gasteiger partial charge in [-0.2, -0.15) is 0 Å². The second kappa shape index (κ2) is 7.98. The van der Waals surface area contributed by atoms with Gasteiger partial charge < -0.3 is 5.32 Å². The van der Waals surface area contributed by atoms with E-state index in [4.69, 9.17) is 0 Å². The number of hydrogen-bond donors (Lipinski definition) is 1. The van der Waals surface area contributed by atoms with Gasteiger partial charge in [-0.05, 0) is 47.3 Å². The van der Waals surface area contributed by atoms with Crippen molar-refractivity contribution in [2.24, 2.45) is 0 Å². The molecule has 0 saturated carbocycles. The molecular formula is C19H15F2NO3S2. The average molecular weight is 407 g/mol. The van der Waals surface area contributed by atoms with E-state index in [9.17, 15) is 22.0 Å². The summed E-state index contributed by atoms with van der Waals surface area (Å²) in [4.78, 5) is 12.3. The summed E-state index contributed by atoms with van der Waals surface area (Å²) in [6.45, 7) is -0.235. The van der Waals surface area contributed by atoms with Crippen LogP contribution in [0.5, 0.6) is 0 Å². The lowest BCUT2D eigenvalue weighted by Gasteiger charge is -2.18. The third kappa shape index (κ3) is 4.40. The van der Waals surface area contributed by atoms with Gasteiger partial charge in [0.1, 0.15) is 21.1 Å². The van der Waals surface area contributed by atoms with Crippen molar-refractivity contribution in [3.63, 3.8) is 0 Å². The van der Waals surface area contributed by atoms with Gasteiger partial charge in [0.15, 0.2) is 9.84 Å². The SMILES string of the molecule is O=C(NC[C@H](c1ccc(F)cc1)S(=O)(=O)c1cccs1)c1cccc(F)c1. The number of halogens is 2. The molecule has 3 aromatic rings. The van der Waals surface area contributed by atoms with Crippen molar-refractivity contribution < 1.29 is 22.0 Å². The molecule has 0 unspecified atom stereocenters. The fourth-order valence-corrected chi connectivity index (χ4v) is 5.43. The first-order valence-corrected chi connectivity index (χ1v) is 10.4. The van der Waals surface area contributed by atoms with Gasteiger partial charge in [0.2, 0.25) is 0 Å². The van der Waals surface area contributed by atoms with E-state index in [1.165, 1.54) is 48.5 Å². The summed E-state index contributed by atoms with van der Waals surface area (Å²) in [7, 11) is -3.80. The first kappa shape index (κ1) is 19.2. The molecule has 1 amide bonds. The molecule has 8 heteroatoms. The predicted molar refractivity (Wildman–Crippen MR) is 99.4 cm³/mol. The molecule has 0 fully saturated rings. The molecule has 1 aromatic heterocycles. The highest BCUT2D eigenvalue weighted by molar-refractivity contribution is 7.93. The van der Waals surface area contributed by atoms with Crippen LogP contribution >= 0.6 is 11.3 Å². The number of nitrogens with one attached hydrogen (secondary N) is 1. The maximum Gasteiger partial charge on any atom is 0.251 e.